The quantitative estimate of drug-likeness (QED) is 0.928. The van der Waals surface area contributed by atoms with Gasteiger partial charge in [0.25, 0.3) is 5.91 Å². The molecule has 1 saturated heterocycles. The zero-order valence-electron chi connectivity index (χ0n) is 11.4. The average Bonchev–Trinajstić information content (AvgIpc) is 2.83. The van der Waals surface area contributed by atoms with Crippen molar-refractivity contribution < 1.29 is 9.53 Å². The normalized spacial score (nSPS) is 22.1. The van der Waals surface area contributed by atoms with Crippen LogP contribution in [0.25, 0.3) is 0 Å². The molecule has 1 aliphatic heterocycles. The van der Waals surface area contributed by atoms with Gasteiger partial charge in [-0.3, -0.25) is 4.79 Å². The van der Waals surface area contributed by atoms with Gasteiger partial charge in [-0.2, -0.15) is 0 Å². The monoisotopic (exact) mass is 316 g/mol. The third-order valence-corrected chi connectivity index (χ3v) is 4.20. The highest BCUT2D eigenvalue weighted by Crippen LogP contribution is 2.30. The van der Waals surface area contributed by atoms with Crippen molar-refractivity contribution in [2.45, 2.75) is 13.3 Å². The van der Waals surface area contributed by atoms with E-state index in [0.717, 1.165) is 13.0 Å². The molecule has 2 N–H and O–H groups in total. The zero-order valence-corrected chi connectivity index (χ0v) is 12.9. The molecule has 4 nitrogen and oxygen atoms in total. The molecule has 1 fully saturated rings. The number of hydrogen-bond acceptors (Lipinski definition) is 3. The lowest BCUT2D eigenvalue weighted by Crippen LogP contribution is -2.36. The highest BCUT2D eigenvalue weighted by atomic mass is 35.5. The first-order chi connectivity index (χ1) is 9.43. The maximum atomic E-state index is 12.1. The predicted octanol–water partition coefficient (Wildman–Crippen LogP) is 2.57. The SMILES string of the molecule is CC1(CN)CCN(C(=O)COc2cc(Cl)ccc2Cl)C1. The van der Waals surface area contributed by atoms with E-state index < -0.39 is 0 Å². The molecule has 0 aromatic heterocycles. The number of amides is 1. The molecule has 110 valence electrons. The summed E-state index contributed by atoms with van der Waals surface area (Å²) in [6, 6.07) is 4.92. The molecule has 20 heavy (non-hydrogen) atoms. The summed E-state index contributed by atoms with van der Waals surface area (Å²) in [6.07, 6.45) is 0.924. The molecule has 1 atom stereocenters. The molecule has 0 saturated carbocycles. The zero-order chi connectivity index (χ0) is 14.8. The lowest BCUT2D eigenvalue weighted by atomic mass is 9.90. The Morgan fingerprint density at radius 1 is 1.50 bits per heavy atom. The maximum absolute atomic E-state index is 12.1. The van der Waals surface area contributed by atoms with Crippen LogP contribution in [-0.2, 0) is 4.79 Å². The molecule has 2 rings (SSSR count). The van der Waals surface area contributed by atoms with Gasteiger partial charge in [-0.05, 0) is 30.5 Å². The third kappa shape index (κ3) is 3.57. The summed E-state index contributed by atoms with van der Waals surface area (Å²) in [5.41, 5.74) is 5.75. The van der Waals surface area contributed by atoms with E-state index in [0.29, 0.717) is 28.9 Å². The Labute approximate surface area is 128 Å². The van der Waals surface area contributed by atoms with E-state index >= 15 is 0 Å². The van der Waals surface area contributed by atoms with Gasteiger partial charge in [0.15, 0.2) is 6.61 Å². The number of likely N-dealkylation sites (tertiary alicyclic amines) is 1. The highest BCUT2D eigenvalue weighted by molar-refractivity contribution is 6.34. The van der Waals surface area contributed by atoms with E-state index in [1.165, 1.54) is 0 Å². The van der Waals surface area contributed by atoms with Gasteiger partial charge in [0.05, 0.1) is 5.02 Å². The molecule has 0 spiro atoms. The Hall–Kier alpha value is -0.970. The van der Waals surface area contributed by atoms with E-state index in [-0.39, 0.29) is 17.9 Å². The smallest absolute Gasteiger partial charge is 0.260 e. The number of halogens is 2. The number of carbonyl (C=O) groups excluding carboxylic acids is 1. The molecule has 0 radical (unpaired) electrons. The lowest BCUT2D eigenvalue weighted by Gasteiger charge is -2.22. The van der Waals surface area contributed by atoms with E-state index in [1.807, 2.05) is 0 Å². The van der Waals surface area contributed by atoms with Crippen LogP contribution in [0.1, 0.15) is 13.3 Å². The van der Waals surface area contributed by atoms with Crippen molar-refractivity contribution in [3.05, 3.63) is 28.2 Å². The van der Waals surface area contributed by atoms with Crippen LogP contribution in [0.2, 0.25) is 10.0 Å². The van der Waals surface area contributed by atoms with Crippen LogP contribution in [0.4, 0.5) is 0 Å². The van der Waals surface area contributed by atoms with Crippen molar-refractivity contribution in [3.63, 3.8) is 0 Å². The minimum Gasteiger partial charge on any atom is -0.482 e. The minimum atomic E-state index is -0.0572. The van der Waals surface area contributed by atoms with Gasteiger partial charge in [-0.15, -0.1) is 0 Å². The van der Waals surface area contributed by atoms with Crippen LogP contribution in [0, 0.1) is 5.41 Å². The summed E-state index contributed by atoms with van der Waals surface area (Å²) in [6.45, 7) is 4.03. The molecule has 6 heteroatoms. The number of carbonyl (C=O) groups is 1. The molecular formula is C14H18Cl2N2O2. The van der Waals surface area contributed by atoms with Crippen LogP contribution >= 0.6 is 23.2 Å². The molecule has 1 amide bonds. The Kier molecular flexibility index (Phi) is 4.78. The first-order valence-electron chi connectivity index (χ1n) is 6.49. The summed E-state index contributed by atoms with van der Waals surface area (Å²) in [5, 5.41) is 0.962. The van der Waals surface area contributed by atoms with Gasteiger partial charge in [0.2, 0.25) is 0 Å². The van der Waals surface area contributed by atoms with Crippen molar-refractivity contribution in [2.24, 2.45) is 11.1 Å². The fourth-order valence-electron chi connectivity index (χ4n) is 2.22. The Morgan fingerprint density at radius 3 is 2.90 bits per heavy atom. The van der Waals surface area contributed by atoms with Gasteiger partial charge in [0, 0.05) is 24.2 Å². The van der Waals surface area contributed by atoms with Gasteiger partial charge in [-0.25, -0.2) is 0 Å². The number of ether oxygens (including phenoxy) is 1. The maximum Gasteiger partial charge on any atom is 0.260 e. The molecule has 0 aliphatic carbocycles. The number of hydrogen-bond donors (Lipinski definition) is 1. The van der Waals surface area contributed by atoms with Crippen LogP contribution in [0.15, 0.2) is 18.2 Å². The Bertz CT molecular complexity index is 510. The number of nitrogens with two attached hydrogens (primary N) is 1. The molecule has 1 aromatic carbocycles. The van der Waals surface area contributed by atoms with Crippen molar-refractivity contribution in [1.29, 1.82) is 0 Å². The van der Waals surface area contributed by atoms with Crippen LogP contribution < -0.4 is 10.5 Å². The van der Waals surface area contributed by atoms with Crippen molar-refractivity contribution >= 4 is 29.1 Å². The van der Waals surface area contributed by atoms with Gasteiger partial charge < -0.3 is 15.4 Å². The number of nitrogens with zero attached hydrogens (tertiary/aromatic N) is 1. The Balaban J connectivity index is 1.91. The second-order valence-corrected chi connectivity index (χ2v) is 6.29. The highest BCUT2D eigenvalue weighted by Gasteiger charge is 2.34. The lowest BCUT2D eigenvalue weighted by molar-refractivity contribution is -0.132. The summed E-state index contributed by atoms with van der Waals surface area (Å²) < 4.78 is 5.45. The first kappa shape index (κ1) is 15.4. The largest absolute Gasteiger partial charge is 0.482 e. The molecular weight excluding hydrogens is 299 g/mol. The minimum absolute atomic E-state index is 0.0172. The van der Waals surface area contributed by atoms with E-state index in [4.69, 9.17) is 33.7 Å². The van der Waals surface area contributed by atoms with Crippen molar-refractivity contribution in [3.8, 4) is 5.75 Å². The van der Waals surface area contributed by atoms with Crippen molar-refractivity contribution in [2.75, 3.05) is 26.2 Å². The fraction of sp³-hybridized carbons (Fsp3) is 0.500. The van der Waals surface area contributed by atoms with Gasteiger partial charge >= 0.3 is 0 Å². The standard InChI is InChI=1S/C14H18Cl2N2O2/c1-14(8-17)4-5-18(9-14)13(19)7-20-12-6-10(15)2-3-11(12)16/h2-3,6H,4-5,7-9,17H2,1H3. The second kappa shape index (κ2) is 6.20. The summed E-state index contributed by atoms with van der Waals surface area (Å²) in [7, 11) is 0. The Morgan fingerprint density at radius 2 is 2.25 bits per heavy atom. The van der Waals surface area contributed by atoms with Crippen molar-refractivity contribution in [1.82, 2.24) is 4.90 Å². The van der Waals surface area contributed by atoms with Crippen LogP contribution in [-0.4, -0.2) is 37.0 Å². The first-order valence-corrected chi connectivity index (χ1v) is 7.25. The topological polar surface area (TPSA) is 55.6 Å². The van der Waals surface area contributed by atoms with E-state index in [9.17, 15) is 4.79 Å². The van der Waals surface area contributed by atoms with Crippen LogP contribution in [0.3, 0.4) is 0 Å². The number of benzene rings is 1. The van der Waals surface area contributed by atoms with Crippen LogP contribution in [0.5, 0.6) is 5.75 Å². The predicted molar refractivity (Wildman–Crippen MR) is 80.3 cm³/mol. The summed E-state index contributed by atoms with van der Waals surface area (Å²) >= 11 is 11.8. The molecule has 0 bridgehead atoms. The summed E-state index contributed by atoms with van der Waals surface area (Å²) in [5.74, 6) is 0.367. The van der Waals surface area contributed by atoms with E-state index in [2.05, 4.69) is 6.92 Å². The second-order valence-electron chi connectivity index (χ2n) is 5.44. The van der Waals surface area contributed by atoms with Gasteiger partial charge in [0.1, 0.15) is 5.75 Å². The van der Waals surface area contributed by atoms with Gasteiger partial charge in [-0.1, -0.05) is 30.1 Å². The molecule has 1 unspecified atom stereocenters. The average molecular weight is 317 g/mol. The number of rotatable bonds is 4. The molecule has 1 aromatic rings. The fourth-order valence-corrected chi connectivity index (χ4v) is 2.56. The summed E-state index contributed by atoms with van der Waals surface area (Å²) in [4.78, 5) is 13.9. The molecule has 1 aliphatic rings. The van der Waals surface area contributed by atoms with E-state index in [1.54, 1.807) is 23.1 Å². The third-order valence-electron chi connectivity index (χ3n) is 3.65. The molecule has 1 heterocycles.